The molecule has 1 heterocycles. The van der Waals surface area contributed by atoms with Crippen LogP contribution in [0.5, 0.6) is 0 Å². The third-order valence-corrected chi connectivity index (χ3v) is 4.17. The molecule has 6 nitrogen and oxygen atoms in total. The van der Waals surface area contributed by atoms with Gasteiger partial charge in [0.15, 0.2) is 17.1 Å². The van der Waals surface area contributed by atoms with Gasteiger partial charge in [0.25, 0.3) is 0 Å². The summed E-state index contributed by atoms with van der Waals surface area (Å²) in [5.74, 6) is -1.51. The van der Waals surface area contributed by atoms with Gasteiger partial charge in [0.05, 0.1) is 6.61 Å². The van der Waals surface area contributed by atoms with Gasteiger partial charge in [0, 0.05) is 17.5 Å². The van der Waals surface area contributed by atoms with Crippen molar-refractivity contribution in [2.24, 2.45) is 5.10 Å². The smallest absolute Gasteiger partial charge is 0.354 e. The standard InChI is InChI=1S/C20H18N2O4/c1-2-26-19(25)16-13-20(22-21-16,17(23)14-9-5-3-6-10-14)18(24)15-11-7-4-8-12-15/h3-12,22H,2,13H2,1H3. The predicted molar refractivity (Wildman–Crippen MR) is 96.1 cm³/mol. The molecule has 0 unspecified atom stereocenters. The molecular weight excluding hydrogens is 332 g/mol. The van der Waals surface area contributed by atoms with E-state index < -0.39 is 23.1 Å². The number of hydrogen-bond acceptors (Lipinski definition) is 6. The number of nitrogens with one attached hydrogen (secondary N) is 1. The molecule has 1 N–H and O–H groups in total. The van der Waals surface area contributed by atoms with E-state index in [1.165, 1.54) is 0 Å². The Labute approximate surface area is 150 Å². The van der Waals surface area contributed by atoms with Crippen molar-refractivity contribution in [1.29, 1.82) is 0 Å². The number of hydrogen-bond donors (Lipinski definition) is 1. The maximum absolute atomic E-state index is 13.2. The van der Waals surface area contributed by atoms with Gasteiger partial charge in [-0.1, -0.05) is 60.7 Å². The number of ketones is 2. The highest BCUT2D eigenvalue weighted by Crippen LogP contribution is 2.28. The quantitative estimate of drug-likeness (QED) is 0.491. The van der Waals surface area contributed by atoms with Crippen LogP contribution in [0, 0.1) is 0 Å². The van der Waals surface area contributed by atoms with Crippen molar-refractivity contribution in [3.63, 3.8) is 0 Å². The van der Waals surface area contributed by atoms with Crippen LogP contribution in [0.3, 0.4) is 0 Å². The van der Waals surface area contributed by atoms with E-state index in [1.807, 2.05) is 0 Å². The fourth-order valence-electron chi connectivity index (χ4n) is 2.86. The van der Waals surface area contributed by atoms with E-state index in [-0.39, 0.29) is 18.7 Å². The second kappa shape index (κ2) is 7.31. The summed E-state index contributed by atoms with van der Waals surface area (Å²) in [7, 11) is 0. The van der Waals surface area contributed by atoms with Crippen molar-refractivity contribution in [2.45, 2.75) is 18.9 Å². The van der Waals surface area contributed by atoms with Crippen molar-refractivity contribution in [3.05, 3.63) is 71.8 Å². The number of rotatable bonds is 6. The van der Waals surface area contributed by atoms with Crippen LogP contribution in [-0.2, 0) is 9.53 Å². The summed E-state index contributed by atoms with van der Waals surface area (Å²) in [6.45, 7) is 1.86. The molecular formula is C20H18N2O4. The molecule has 0 saturated carbocycles. The molecule has 0 spiro atoms. The van der Waals surface area contributed by atoms with E-state index >= 15 is 0 Å². The van der Waals surface area contributed by atoms with Crippen LogP contribution in [0.25, 0.3) is 0 Å². The van der Waals surface area contributed by atoms with E-state index in [0.29, 0.717) is 11.1 Å². The maximum atomic E-state index is 13.2. The Morgan fingerprint density at radius 2 is 1.46 bits per heavy atom. The molecule has 2 aromatic carbocycles. The molecule has 132 valence electrons. The third-order valence-electron chi connectivity index (χ3n) is 4.17. The predicted octanol–water partition coefficient (Wildman–Crippen LogP) is 2.40. The van der Waals surface area contributed by atoms with Gasteiger partial charge in [0.2, 0.25) is 0 Å². The van der Waals surface area contributed by atoms with Crippen molar-refractivity contribution in [3.8, 4) is 0 Å². The lowest BCUT2D eigenvalue weighted by Gasteiger charge is -2.26. The van der Waals surface area contributed by atoms with Crippen molar-refractivity contribution < 1.29 is 19.1 Å². The highest BCUT2D eigenvalue weighted by Gasteiger charge is 2.51. The number of ether oxygens (including phenoxy) is 1. The second-order valence-electron chi connectivity index (χ2n) is 5.86. The van der Waals surface area contributed by atoms with E-state index in [1.54, 1.807) is 67.6 Å². The Morgan fingerprint density at radius 3 is 1.92 bits per heavy atom. The maximum Gasteiger partial charge on any atom is 0.354 e. The molecule has 0 amide bonds. The van der Waals surface area contributed by atoms with Crippen LogP contribution in [0.1, 0.15) is 34.1 Å². The van der Waals surface area contributed by atoms with E-state index in [0.717, 1.165) is 0 Å². The van der Waals surface area contributed by atoms with Gasteiger partial charge in [-0.2, -0.15) is 5.10 Å². The van der Waals surface area contributed by atoms with Crippen LogP contribution in [0.15, 0.2) is 65.8 Å². The Bertz CT molecular complexity index is 808. The summed E-state index contributed by atoms with van der Waals surface area (Å²) in [4.78, 5) is 38.4. The van der Waals surface area contributed by atoms with Crippen LogP contribution < -0.4 is 5.43 Å². The van der Waals surface area contributed by atoms with Gasteiger partial charge >= 0.3 is 5.97 Å². The molecule has 3 rings (SSSR count). The molecule has 0 bridgehead atoms. The molecule has 0 radical (unpaired) electrons. The van der Waals surface area contributed by atoms with Crippen LogP contribution >= 0.6 is 0 Å². The average Bonchev–Trinajstić information content (AvgIpc) is 3.15. The van der Waals surface area contributed by atoms with E-state index in [9.17, 15) is 14.4 Å². The van der Waals surface area contributed by atoms with Crippen LogP contribution in [0.2, 0.25) is 0 Å². The number of esters is 1. The summed E-state index contributed by atoms with van der Waals surface area (Å²) >= 11 is 0. The van der Waals surface area contributed by atoms with Gasteiger partial charge in [-0.3, -0.25) is 15.0 Å². The Hall–Kier alpha value is -3.28. The van der Waals surface area contributed by atoms with Crippen molar-refractivity contribution >= 4 is 23.2 Å². The highest BCUT2D eigenvalue weighted by molar-refractivity contribution is 6.40. The third kappa shape index (κ3) is 3.13. The minimum absolute atomic E-state index is 0.0282. The summed E-state index contributed by atoms with van der Waals surface area (Å²) in [5, 5.41) is 3.95. The minimum Gasteiger partial charge on any atom is -0.461 e. The van der Waals surface area contributed by atoms with Crippen molar-refractivity contribution in [2.75, 3.05) is 6.61 Å². The fourth-order valence-corrected chi connectivity index (χ4v) is 2.86. The summed E-state index contributed by atoms with van der Waals surface area (Å²) in [6, 6.07) is 17.0. The van der Waals surface area contributed by atoms with Gasteiger partial charge in [0.1, 0.15) is 5.71 Å². The van der Waals surface area contributed by atoms with Gasteiger partial charge in [-0.25, -0.2) is 4.79 Å². The molecule has 2 aromatic rings. The normalized spacial score (nSPS) is 14.9. The first kappa shape index (κ1) is 17.5. The zero-order chi connectivity index (χ0) is 18.6. The topological polar surface area (TPSA) is 84.8 Å². The Kier molecular flexibility index (Phi) is 4.93. The summed E-state index contributed by atoms with van der Waals surface area (Å²) < 4.78 is 4.96. The highest BCUT2D eigenvalue weighted by atomic mass is 16.5. The summed E-state index contributed by atoms with van der Waals surface area (Å²) in [6.07, 6.45) is -0.159. The first-order valence-corrected chi connectivity index (χ1v) is 8.29. The fraction of sp³-hybridized carbons (Fsp3) is 0.200. The first-order chi connectivity index (χ1) is 12.6. The molecule has 0 aliphatic carbocycles. The zero-order valence-electron chi connectivity index (χ0n) is 14.3. The molecule has 26 heavy (non-hydrogen) atoms. The lowest BCUT2D eigenvalue weighted by molar-refractivity contribution is -0.135. The van der Waals surface area contributed by atoms with Gasteiger partial charge < -0.3 is 4.74 Å². The summed E-state index contributed by atoms with van der Waals surface area (Å²) in [5.41, 5.74) is 1.74. The Balaban J connectivity index is 2.00. The lowest BCUT2D eigenvalue weighted by atomic mass is 9.79. The molecule has 1 aliphatic rings. The van der Waals surface area contributed by atoms with Crippen LogP contribution in [-0.4, -0.2) is 35.4 Å². The zero-order valence-corrected chi connectivity index (χ0v) is 14.3. The second-order valence-corrected chi connectivity index (χ2v) is 5.86. The number of carbonyl (C=O) groups excluding carboxylic acids is 3. The Morgan fingerprint density at radius 1 is 0.962 bits per heavy atom. The van der Waals surface area contributed by atoms with E-state index in [4.69, 9.17) is 4.74 Å². The first-order valence-electron chi connectivity index (χ1n) is 8.29. The number of benzene rings is 2. The van der Waals surface area contributed by atoms with Crippen molar-refractivity contribution in [1.82, 2.24) is 5.43 Å². The minimum atomic E-state index is -1.66. The van der Waals surface area contributed by atoms with Gasteiger partial charge in [-0.05, 0) is 6.92 Å². The number of Topliss-reactive ketones (excluding diaryl/α,β-unsaturated/α-hetero) is 2. The lowest BCUT2D eigenvalue weighted by Crippen LogP contribution is -2.54. The number of hydrazone groups is 1. The molecule has 0 atom stereocenters. The van der Waals surface area contributed by atoms with Gasteiger partial charge in [-0.15, -0.1) is 0 Å². The monoisotopic (exact) mass is 350 g/mol. The number of carbonyl (C=O) groups is 3. The van der Waals surface area contributed by atoms with E-state index in [2.05, 4.69) is 10.5 Å². The SMILES string of the molecule is CCOC(=O)C1=NNC(C(=O)c2ccccc2)(C(=O)c2ccccc2)C1. The average molecular weight is 350 g/mol. The molecule has 0 saturated heterocycles. The molecule has 0 aromatic heterocycles. The molecule has 1 aliphatic heterocycles. The molecule has 0 fully saturated rings. The number of nitrogens with zero attached hydrogens (tertiary/aromatic N) is 1. The molecule has 6 heteroatoms. The van der Waals surface area contributed by atoms with Crippen LogP contribution in [0.4, 0.5) is 0 Å². The largest absolute Gasteiger partial charge is 0.461 e.